The van der Waals surface area contributed by atoms with Crippen molar-refractivity contribution < 1.29 is 4.79 Å². The van der Waals surface area contributed by atoms with Gasteiger partial charge in [-0.25, -0.2) is 4.98 Å². The van der Waals surface area contributed by atoms with Gasteiger partial charge >= 0.3 is 0 Å². The van der Waals surface area contributed by atoms with Gasteiger partial charge in [0.25, 0.3) is 0 Å². The minimum absolute atomic E-state index is 0.0799. The summed E-state index contributed by atoms with van der Waals surface area (Å²) < 4.78 is 2.98. The minimum atomic E-state index is -0.203. The number of aromatic nitrogens is 2. The van der Waals surface area contributed by atoms with E-state index >= 15 is 0 Å². The molecule has 2 aromatic heterocycles. The molecule has 5 nitrogen and oxygen atoms in total. The predicted octanol–water partition coefficient (Wildman–Crippen LogP) is 6.83. The second-order valence-corrected chi connectivity index (χ2v) is 9.25. The Morgan fingerprint density at radius 2 is 1.50 bits per heavy atom. The maximum absolute atomic E-state index is 13.4. The van der Waals surface area contributed by atoms with Gasteiger partial charge in [0.15, 0.2) is 11.4 Å². The number of ketones is 1. The van der Waals surface area contributed by atoms with Gasteiger partial charge in [-0.2, -0.15) is 10.5 Å². The zero-order valence-electron chi connectivity index (χ0n) is 18.8. The first-order valence-electron chi connectivity index (χ1n) is 11.2. The molecule has 1 aliphatic carbocycles. The molecule has 2 heterocycles. The van der Waals surface area contributed by atoms with Gasteiger partial charge in [0.2, 0.25) is 0 Å². The highest BCUT2D eigenvalue weighted by atomic mass is 32.1. The summed E-state index contributed by atoms with van der Waals surface area (Å²) in [7, 11) is 0. The fourth-order valence-electron chi connectivity index (χ4n) is 4.55. The Morgan fingerprint density at radius 1 is 0.861 bits per heavy atom. The summed E-state index contributed by atoms with van der Waals surface area (Å²) in [6.07, 6.45) is 1.77. The fraction of sp³-hybridized carbons (Fsp3) is 0. The van der Waals surface area contributed by atoms with Crippen molar-refractivity contribution in [2.75, 3.05) is 0 Å². The van der Waals surface area contributed by atoms with E-state index in [9.17, 15) is 15.3 Å². The van der Waals surface area contributed by atoms with Crippen molar-refractivity contribution in [1.82, 2.24) is 9.55 Å². The zero-order valence-corrected chi connectivity index (χ0v) is 19.7. The van der Waals surface area contributed by atoms with Gasteiger partial charge in [-0.05, 0) is 29.8 Å². The SMILES string of the molecule is N#CC(C#N)=C1/C(=C/c2cc3sc(-c4ccccc4)nc3n2-c2ccccc2)C(=O)c2ccccc21. The Labute approximate surface area is 211 Å². The van der Waals surface area contributed by atoms with Crippen molar-refractivity contribution in [3.05, 3.63) is 119 Å². The number of carbonyl (C=O) groups is 1. The number of nitriles is 2. The molecule has 1 aliphatic rings. The number of benzene rings is 3. The monoisotopic (exact) mass is 480 g/mol. The van der Waals surface area contributed by atoms with Crippen molar-refractivity contribution in [1.29, 1.82) is 10.5 Å². The van der Waals surface area contributed by atoms with Gasteiger partial charge < -0.3 is 0 Å². The molecule has 0 amide bonds. The second kappa shape index (κ2) is 8.63. The van der Waals surface area contributed by atoms with Crippen LogP contribution < -0.4 is 0 Å². The fourth-order valence-corrected chi connectivity index (χ4v) is 5.55. The quantitative estimate of drug-likeness (QED) is 0.209. The molecule has 6 rings (SSSR count). The lowest BCUT2D eigenvalue weighted by Gasteiger charge is -2.09. The Kier molecular flexibility index (Phi) is 5.15. The predicted molar refractivity (Wildman–Crippen MR) is 141 cm³/mol. The molecule has 168 valence electrons. The standard InChI is InChI=1S/C30H16N4OS/c31-17-20(18-32)27-23-13-7-8-14-24(23)28(35)25(27)15-22-16-26-29(34(22)21-11-5-2-6-12-21)33-30(36-26)19-9-3-1-4-10-19/h1-16H/b25-15-. The number of nitrogens with zero attached hydrogens (tertiary/aromatic N) is 4. The van der Waals surface area contributed by atoms with Crippen molar-refractivity contribution >= 4 is 39.1 Å². The zero-order chi connectivity index (χ0) is 24.6. The van der Waals surface area contributed by atoms with E-state index in [2.05, 4.69) is 0 Å². The summed E-state index contributed by atoms with van der Waals surface area (Å²) in [6, 6.07) is 32.9. The number of thiazole rings is 1. The number of hydrogen-bond acceptors (Lipinski definition) is 5. The molecule has 36 heavy (non-hydrogen) atoms. The number of rotatable bonds is 3. The Balaban J connectivity index is 1.61. The number of Topliss-reactive ketones (excluding diaryl/α,β-unsaturated/α-hetero) is 1. The molecule has 0 saturated carbocycles. The highest BCUT2D eigenvalue weighted by molar-refractivity contribution is 7.21. The molecule has 6 heteroatoms. The molecule has 0 fully saturated rings. The summed E-state index contributed by atoms with van der Waals surface area (Å²) in [5, 5.41) is 20.2. The van der Waals surface area contributed by atoms with Crippen molar-refractivity contribution in [3.8, 4) is 28.4 Å². The van der Waals surface area contributed by atoms with E-state index in [0.717, 1.165) is 32.3 Å². The van der Waals surface area contributed by atoms with Crippen LogP contribution in [0, 0.1) is 22.7 Å². The Morgan fingerprint density at radius 3 is 2.19 bits per heavy atom. The summed E-state index contributed by atoms with van der Waals surface area (Å²) in [6.45, 7) is 0. The Bertz CT molecular complexity index is 1790. The first kappa shape index (κ1) is 21.5. The third-order valence-corrected chi connectivity index (χ3v) is 7.18. The van der Waals surface area contributed by atoms with Crippen molar-refractivity contribution in [2.45, 2.75) is 0 Å². The van der Waals surface area contributed by atoms with Gasteiger partial charge in [-0.3, -0.25) is 9.36 Å². The molecule has 0 unspecified atom stereocenters. The van der Waals surface area contributed by atoms with Crippen LogP contribution in [0.2, 0.25) is 0 Å². The van der Waals surface area contributed by atoms with Crippen molar-refractivity contribution in [3.63, 3.8) is 0 Å². The molecule has 3 aromatic carbocycles. The number of para-hydroxylation sites is 1. The lowest BCUT2D eigenvalue weighted by atomic mass is 9.99. The third kappa shape index (κ3) is 3.37. The van der Waals surface area contributed by atoms with Crippen molar-refractivity contribution in [2.24, 2.45) is 0 Å². The van der Waals surface area contributed by atoms with Crippen LogP contribution >= 0.6 is 11.3 Å². The smallest absolute Gasteiger partial charge is 0.194 e. The van der Waals surface area contributed by atoms with Crippen LogP contribution in [0.25, 0.3) is 38.3 Å². The molecule has 0 spiro atoms. The molecule has 0 atom stereocenters. The van der Waals surface area contributed by atoms with Crippen LogP contribution in [0.1, 0.15) is 21.6 Å². The molecule has 0 saturated heterocycles. The van der Waals surface area contributed by atoms with Crippen LogP contribution in [0.4, 0.5) is 0 Å². The van der Waals surface area contributed by atoms with Gasteiger partial charge in [0.1, 0.15) is 22.7 Å². The molecular weight excluding hydrogens is 464 g/mol. The van der Waals surface area contributed by atoms with Gasteiger partial charge in [0, 0.05) is 33.7 Å². The summed E-state index contributed by atoms with van der Waals surface area (Å²) in [4.78, 5) is 18.4. The lowest BCUT2D eigenvalue weighted by Crippen LogP contribution is -2.00. The molecule has 0 radical (unpaired) electrons. The van der Waals surface area contributed by atoms with Crippen LogP contribution in [0.5, 0.6) is 0 Å². The number of allylic oxidation sites excluding steroid dienone is 3. The van der Waals surface area contributed by atoms with E-state index in [0.29, 0.717) is 22.3 Å². The van der Waals surface area contributed by atoms with E-state index in [4.69, 9.17) is 4.98 Å². The van der Waals surface area contributed by atoms with Crippen LogP contribution in [-0.2, 0) is 0 Å². The average Bonchev–Trinajstić information content (AvgIpc) is 3.57. The summed E-state index contributed by atoms with van der Waals surface area (Å²) in [5.41, 5.74) is 5.20. The van der Waals surface area contributed by atoms with Gasteiger partial charge in [0.05, 0.1) is 4.70 Å². The van der Waals surface area contributed by atoms with Gasteiger partial charge in [-0.15, -0.1) is 11.3 Å². The maximum Gasteiger partial charge on any atom is 0.194 e. The number of fused-ring (bicyclic) bond motifs is 2. The van der Waals surface area contributed by atoms with E-state index in [1.165, 1.54) is 0 Å². The van der Waals surface area contributed by atoms with Crippen LogP contribution in [0.15, 0.2) is 102 Å². The summed E-state index contributed by atoms with van der Waals surface area (Å²) in [5.74, 6) is -0.203. The molecule has 0 bridgehead atoms. The Hall–Kier alpha value is -5.04. The van der Waals surface area contributed by atoms with E-state index in [-0.39, 0.29) is 11.4 Å². The number of carbonyl (C=O) groups excluding carboxylic acids is 1. The first-order valence-corrected chi connectivity index (χ1v) is 12.0. The molecule has 5 aromatic rings. The maximum atomic E-state index is 13.4. The summed E-state index contributed by atoms with van der Waals surface area (Å²) >= 11 is 1.58. The average molecular weight is 481 g/mol. The van der Waals surface area contributed by atoms with Crippen LogP contribution in [-0.4, -0.2) is 15.3 Å². The molecule has 0 aliphatic heterocycles. The normalized spacial score (nSPS) is 13.6. The largest absolute Gasteiger partial charge is 0.294 e. The number of hydrogen-bond donors (Lipinski definition) is 0. The highest BCUT2D eigenvalue weighted by Gasteiger charge is 2.32. The lowest BCUT2D eigenvalue weighted by molar-refractivity contribution is 0.104. The second-order valence-electron chi connectivity index (χ2n) is 8.22. The van der Waals surface area contributed by atoms with Gasteiger partial charge in [-0.1, -0.05) is 72.8 Å². The highest BCUT2D eigenvalue weighted by Crippen LogP contribution is 2.41. The first-order chi connectivity index (χ1) is 17.7. The molecule has 0 N–H and O–H groups in total. The van der Waals surface area contributed by atoms with E-state index in [1.807, 2.05) is 83.4 Å². The van der Waals surface area contributed by atoms with E-state index in [1.54, 1.807) is 41.7 Å². The minimum Gasteiger partial charge on any atom is -0.294 e. The van der Waals surface area contributed by atoms with E-state index < -0.39 is 0 Å². The topological polar surface area (TPSA) is 82.5 Å². The van der Waals surface area contributed by atoms with Crippen LogP contribution in [0.3, 0.4) is 0 Å². The molecular formula is C30H16N4OS. The third-order valence-electron chi connectivity index (χ3n) is 6.14.